The molecule has 2 aromatic rings. The molecule has 1 atom stereocenters. The van der Waals surface area contributed by atoms with Crippen LogP contribution in [0.15, 0.2) is 4.42 Å². The first kappa shape index (κ1) is 16.6. The molecule has 1 aliphatic rings. The van der Waals surface area contributed by atoms with Crippen molar-refractivity contribution in [2.75, 3.05) is 7.05 Å². The molecule has 0 spiro atoms. The molecule has 3 rings (SSSR count). The highest BCUT2D eigenvalue weighted by Gasteiger charge is 2.30. The van der Waals surface area contributed by atoms with Gasteiger partial charge in [0.2, 0.25) is 11.8 Å². The summed E-state index contributed by atoms with van der Waals surface area (Å²) in [6.07, 6.45) is 3.20. The predicted molar refractivity (Wildman–Crippen MR) is 85.8 cm³/mol. The van der Waals surface area contributed by atoms with E-state index in [9.17, 15) is 9.90 Å². The number of likely N-dealkylation sites (N-methyl/N-ethyl adjacent to an activating group) is 1. The van der Waals surface area contributed by atoms with Gasteiger partial charge in [-0.15, -0.1) is 10.2 Å². The van der Waals surface area contributed by atoms with Gasteiger partial charge in [-0.2, -0.15) is 5.10 Å². The van der Waals surface area contributed by atoms with Crippen molar-refractivity contribution in [2.24, 2.45) is 0 Å². The number of hydrogen-bond acceptors (Lipinski definition) is 6. The van der Waals surface area contributed by atoms with E-state index in [0.29, 0.717) is 31.3 Å². The average molecular weight is 333 g/mol. The minimum absolute atomic E-state index is 0.191. The van der Waals surface area contributed by atoms with E-state index in [2.05, 4.69) is 20.2 Å². The molecular weight excluding hydrogens is 310 g/mol. The van der Waals surface area contributed by atoms with Gasteiger partial charge in [0.15, 0.2) is 5.69 Å². The Morgan fingerprint density at radius 1 is 1.38 bits per heavy atom. The topological polar surface area (TPSA) is 97.3 Å². The zero-order valence-corrected chi connectivity index (χ0v) is 14.3. The average Bonchev–Trinajstić information content (AvgIpc) is 3.17. The van der Waals surface area contributed by atoms with Crippen molar-refractivity contribution < 1.29 is 14.3 Å². The lowest BCUT2D eigenvalue weighted by molar-refractivity contribution is 0.0687. The smallest absolute Gasteiger partial charge is 0.356 e. The summed E-state index contributed by atoms with van der Waals surface area (Å²) < 4.78 is 7.39. The SMILES string of the molecule is CCc1nnc(CN(C)[C@H]2CCc3c(c(C(=O)O)nn3CC)C2)o1. The van der Waals surface area contributed by atoms with E-state index >= 15 is 0 Å². The molecule has 0 fully saturated rings. The Kier molecular flexibility index (Phi) is 4.66. The Balaban J connectivity index is 1.76. The van der Waals surface area contributed by atoms with Gasteiger partial charge >= 0.3 is 5.97 Å². The number of aryl methyl sites for hydroxylation is 2. The van der Waals surface area contributed by atoms with Gasteiger partial charge in [0.05, 0.1) is 6.54 Å². The van der Waals surface area contributed by atoms with Gasteiger partial charge in [-0.1, -0.05) is 6.92 Å². The van der Waals surface area contributed by atoms with E-state index in [1.165, 1.54) is 0 Å². The number of carbonyl (C=O) groups is 1. The van der Waals surface area contributed by atoms with E-state index < -0.39 is 5.97 Å². The highest BCUT2D eigenvalue weighted by molar-refractivity contribution is 5.87. The Labute approximate surface area is 140 Å². The van der Waals surface area contributed by atoms with Gasteiger partial charge < -0.3 is 9.52 Å². The monoisotopic (exact) mass is 333 g/mol. The summed E-state index contributed by atoms with van der Waals surface area (Å²) in [5.41, 5.74) is 2.12. The molecule has 8 heteroatoms. The molecule has 0 radical (unpaired) electrons. The molecule has 0 unspecified atom stereocenters. The van der Waals surface area contributed by atoms with Crippen molar-refractivity contribution >= 4 is 5.97 Å². The van der Waals surface area contributed by atoms with Crippen LogP contribution in [0.2, 0.25) is 0 Å². The summed E-state index contributed by atoms with van der Waals surface area (Å²) in [4.78, 5) is 13.6. The molecule has 0 saturated carbocycles. The highest BCUT2D eigenvalue weighted by atomic mass is 16.4. The van der Waals surface area contributed by atoms with Crippen LogP contribution in [0.1, 0.15) is 53.8 Å². The summed E-state index contributed by atoms with van der Waals surface area (Å²) in [7, 11) is 2.01. The van der Waals surface area contributed by atoms with E-state index in [-0.39, 0.29) is 11.7 Å². The van der Waals surface area contributed by atoms with Crippen molar-refractivity contribution in [3.63, 3.8) is 0 Å². The molecule has 0 amide bonds. The Morgan fingerprint density at radius 2 is 2.12 bits per heavy atom. The van der Waals surface area contributed by atoms with Gasteiger partial charge in [-0.05, 0) is 33.2 Å². The first-order valence-corrected chi connectivity index (χ1v) is 8.36. The number of hydrogen-bond donors (Lipinski definition) is 1. The minimum Gasteiger partial charge on any atom is -0.476 e. The van der Waals surface area contributed by atoms with Gasteiger partial charge in [-0.25, -0.2) is 4.79 Å². The maximum Gasteiger partial charge on any atom is 0.356 e. The van der Waals surface area contributed by atoms with Crippen LogP contribution in [-0.2, 0) is 32.4 Å². The third-order valence-electron chi connectivity index (χ3n) is 4.64. The van der Waals surface area contributed by atoms with Crippen LogP contribution in [0.25, 0.3) is 0 Å². The van der Waals surface area contributed by atoms with Gasteiger partial charge in [0, 0.05) is 30.3 Å². The predicted octanol–water partition coefficient (Wildman–Crippen LogP) is 1.54. The normalized spacial score (nSPS) is 17.2. The highest BCUT2D eigenvalue weighted by Crippen LogP contribution is 2.27. The zero-order valence-electron chi connectivity index (χ0n) is 14.3. The van der Waals surface area contributed by atoms with E-state index in [0.717, 1.165) is 30.5 Å². The second-order valence-electron chi connectivity index (χ2n) is 6.15. The third-order valence-corrected chi connectivity index (χ3v) is 4.64. The third kappa shape index (κ3) is 3.06. The van der Waals surface area contributed by atoms with Crippen LogP contribution in [0, 0.1) is 0 Å². The summed E-state index contributed by atoms with van der Waals surface area (Å²) in [5, 5.41) is 21.7. The van der Waals surface area contributed by atoms with Crippen molar-refractivity contribution in [3.05, 3.63) is 28.7 Å². The Hall–Kier alpha value is -2.22. The first-order valence-electron chi connectivity index (χ1n) is 8.36. The summed E-state index contributed by atoms with van der Waals surface area (Å²) in [5.74, 6) is 0.288. The number of fused-ring (bicyclic) bond motifs is 1. The van der Waals surface area contributed by atoms with E-state index in [4.69, 9.17) is 4.42 Å². The molecule has 8 nitrogen and oxygen atoms in total. The van der Waals surface area contributed by atoms with Crippen LogP contribution in [0.3, 0.4) is 0 Å². The molecule has 2 heterocycles. The number of nitrogens with zero attached hydrogens (tertiary/aromatic N) is 5. The van der Waals surface area contributed by atoms with Gasteiger partial charge in [0.25, 0.3) is 0 Å². The van der Waals surface area contributed by atoms with E-state index in [1.54, 1.807) is 0 Å². The second kappa shape index (κ2) is 6.72. The Bertz CT molecular complexity index is 736. The zero-order chi connectivity index (χ0) is 17.3. The van der Waals surface area contributed by atoms with E-state index in [1.807, 2.05) is 25.6 Å². The number of aromatic carboxylic acids is 1. The fraction of sp³-hybridized carbons (Fsp3) is 0.625. The van der Waals surface area contributed by atoms with Crippen molar-refractivity contribution in [2.45, 2.75) is 58.7 Å². The van der Waals surface area contributed by atoms with Crippen LogP contribution >= 0.6 is 0 Å². The van der Waals surface area contributed by atoms with Crippen molar-refractivity contribution in [1.82, 2.24) is 24.9 Å². The van der Waals surface area contributed by atoms with Crippen molar-refractivity contribution in [3.8, 4) is 0 Å². The summed E-state index contributed by atoms with van der Waals surface area (Å²) in [6, 6.07) is 0.238. The lowest BCUT2D eigenvalue weighted by atomic mass is 9.90. The van der Waals surface area contributed by atoms with Crippen LogP contribution in [0.4, 0.5) is 0 Å². The number of rotatable bonds is 6. The van der Waals surface area contributed by atoms with Crippen LogP contribution < -0.4 is 0 Å². The number of carboxylic acid groups (broad SMARTS) is 1. The molecule has 0 saturated heterocycles. The quantitative estimate of drug-likeness (QED) is 0.856. The molecular formula is C16H23N5O3. The molecule has 0 aromatic carbocycles. The summed E-state index contributed by atoms with van der Waals surface area (Å²) in [6.45, 7) is 5.22. The molecule has 2 aromatic heterocycles. The molecule has 1 N–H and O–H groups in total. The van der Waals surface area contributed by atoms with Gasteiger partial charge in [0.1, 0.15) is 0 Å². The number of carboxylic acids is 1. The molecule has 24 heavy (non-hydrogen) atoms. The molecule has 0 aliphatic heterocycles. The standard InChI is InChI=1S/C16H23N5O3/c1-4-13-17-18-14(24-13)9-20(3)10-6-7-12-11(8-10)15(16(22)23)19-21(12)5-2/h10H,4-9H2,1-3H3,(H,22,23)/t10-/m0/s1. The van der Waals surface area contributed by atoms with Gasteiger partial charge in [-0.3, -0.25) is 9.58 Å². The lowest BCUT2D eigenvalue weighted by Gasteiger charge is -2.30. The maximum atomic E-state index is 11.5. The first-order chi connectivity index (χ1) is 11.5. The second-order valence-corrected chi connectivity index (χ2v) is 6.15. The molecule has 0 bridgehead atoms. The lowest BCUT2D eigenvalue weighted by Crippen LogP contribution is -2.36. The fourth-order valence-electron chi connectivity index (χ4n) is 3.32. The van der Waals surface area contributed by atoms with Crippen LogP contribution in [-0.4, -0.2) is 49.0 Å². The fourth-order valence-corrected chi connectivity index (χ4v) is 3.32. The molecule has 130 valence electrons. The Morgan fingerprint density at radius 3 is 2.75 bits per heavy atom. The molecule has 1 aliphatic carbocycles. The van der Waals surface area contributed by atoms with Crippen molar-refractivity contribution in [1.29, 1.82) is 0 Å². The maximum absolute atomic E-state index is 11.5. The summed E-state index contributed by atoms with van der Waals surface area (Å²) >= 11 is 0. The van der Waals surface area contributed by atoms with Crippen LogP contribution in [0.5, 0.6) is 0 Å². The number of aromatic nitrogens is 4. The minimum atomic E-state index is -0.953. The largest absolute Gasteiger partial charge is 0.476 e.